The van der Waals surface area contributed by atoms with Gasteiger partial charge in [0, 0.05) is 5.56 Å². The van der Waals surface area contributed by atoms with Crippen LogP contribution < -0.4 is 9.64 Å². The summed E-state index contributed by atoms with van der Waals surface area (Å²) >= 11 is 0. The Hall–Kier alpha value is -3.41. The molecule has 6 atom stereocenters. The van der Waals surface area contributed by atoms with Crippen LogP contribution in [0, 0.1) is 35.5 Å². The molecule has 32 heavy (non-hydrogen) atoms. The van der Waals surface area contributed by atoms with Crippen molar-refractivity contribution in [3.63, 3.8) is 0 Å². The van der Waals surface area contributed by atoms with E-state index in [1.807, 2.05) is 18.2 Å². The number of carbonyl (C=O) groups excluding carboxylic acids is 3. The second-order valence-electron chi connectivity index (χ2n) is 9.17. The molecular weight excluding hydrogens is 404 g/mol. The number of rotatable bonds is 5. The van der Waals surface area contributed by atoms with E-state index in [0.29, 0.717) is 28.8 Å². The molecule has 0 radical (unpaired) electrons. The quantitative estimate of drug-likeness (QED) is 0.541. The van der Waals surface area contributed by atoms with E-state index in [1.54, 1.807) is 43.5 Å². The van der Waals surface area contributed by atoms with Crippen molar-refractivity contribution >= 4 is 23.4 Å². The predicted molar refractivity (Wildman–Crippen MR) is 118 cm³/mol. The summed E-state index contributed by atoms with van der Waals surface area (Å²) in [5, 5.41) is 0. The van der Waals surface area contributed by atoms with Crippen LogP contribution in [-0.4, -0.2) is 36.4 Å². The molecule has 7 rings (SSSR count). The highest BCUT2D eigenvalue weighted by molar-refractivity contribution is 6.10. The monoisotopic (exact) mass is 428 g/mol. The zero-order valence-electron chi connectivity index (χ0n) is 17.8. The van der Waals surface area contributed by atoms with Crippen LogP contribution >= 0.6 is 0 Å². The fraction of sp³-hybridized carbons (Fsp3) is 0.346. The number of carbonyl (C=O) groups is 3. The van der Waals surface area contributed by atoms with Crippen LogP contribution in [0.4, 0.5) is 5.69 Å². The molecule has 162 valence electrons. The Bertz CT molecular complexity index is 1110. The zero-order valence-corrected chi connectivity index (χ0v) is 17.8. The van der Waals surface area contributed by atoms with Crippen molar-refractivity contribution in [2.75, 3.05) is 18.7 Å². The van der Waals surface area contributed by atoms with E-state index in [4.69, 9.17) is 4.74 Å². The van der Waals surface area contributed by atoms with Crippen LogP contribution in [-0.2, 0) is 9.59 Å². The van der Waals surface area contributed by atoms with E-state index in [1.165, 1.54) is 9.80 Å². The van der Waals surface area contributed by atoms with E-state index in [-0.39, 0.29) is 48.1 Å². The highest BCUT2D eigenvalue weighted by Gasteiger charge is 2.67. The van der Waals surface area contributed by atoms with Gasteiger partial charge >= 0.3 is 0 Å². The number of amides is 3. The SMILES string of the molecule is COc1ccccc1N(CN1C(=O)[C@@H]2[C@H]3C=C[C@H]([C@H]4C[C@H]34)[C@@H]2C1=O)C(=O)c1ccccc1. The first-order valence-electron chi connectivity index (χ1n) is 11.1. The maximum atomic E-state index is 13.5. The summed E-state index contributed by atoms with van der Waals surface area (Å²) in [4.78, 5) is 43.3. The number of ether oxygens (including phenoxy) is 1. The minimum atomic E-state index is -0.285. The van der Waals surface area contributed by atoms with Gasteiger partial charge in [-0.3, -0.25) is 24.2 Å². The average Bonchev–Trinajstić information content (AvgIpc) is 3.62. The van der Waals surface area contributed by atoms with Gasteiger partial charge in [0.05, 0.1) is 24.6 Å². The maximum absolute atomic E-state index is 13.5. The zero-order chi connectivity index (χ0) is 22.0. The molecule has 2 aromatic rings. The molecule has 4 aliphatic carbocycles. The Morgan fingerprint density at radius 1 is 0.938 bits per heavy atom. The van der Waals surface area contributed by atoms with Crippen molar-refractivity contribution < 1.29 is 19.1 Å². The number of para-hydroxylation sites is 2. The lowest BCUT2D eigenvalue weighted by Crippen LogP contribution is -2.45. The smallest absolute Gasteiger partial charge is 0.259 e. The van der Waals surface area contributed by atoms with Gasteiger partial charge in [0.15, 0.2) is 0 Å². The van der Waals surface area contributed by atoms with Crippen LogP contribution in [0.5, 0.6) is 5.75 Å². The minimum Gasteiger partial charge on any atom is -0.495 e. The second-order valence-corrected chi connectivity index (χ2v) is 9.17. The van der Waals surface area contributed by atoms with Gasteiger partial charge in [-0.05, 0) is 54.4 Å². The standard InChI is InChI=1S/C26H24N2O4/c1-32-21-10-6-5-9-20(21)27(24(29)15-7-3-2-4-8-15)14-28-25(30)22-16-11-12-17(19-13-18(16)19)23(22)26(28)31/h2-12,16-19,22-23H,13-14H2,1H3/t16-,17+,18-,19-,22+,23-/m1/s1. The number of anilines is 1. The van der Waals surface area contributed by atoms with Gasteiger partial charge in [0.1, 0.15) is 12.4 Å². The number of benzene rings is 2. The Morgan fingerprint density at radius 3 is 2.16 bits per heavy atom. The topological polar surface area (TPSA) is 66.9 Å². The first-order chi connectivity index (χ1) is 15.6. The van der Waals surface area contributed by atoms with E-state index >= 15 is 0 Å². The number of methoxy groups -OCH3 is 1. The van der Waals surface area contributed by atoms with Crippen LogP contribution in [0.1, 0.15) is 16.8 Å². The lowest BCUT2D eigenvalue weighted by Gasteiger charge is -2.37. The summed E-state index contributed by atoms with van der Waals surface area (Å²) in [6.07, 6.45) is 5.43. The summed E-state index contributed by atoms with van der Waals surface area (Å²) in [5.74, 6) is 0.752. The fourth-order valence-corrected chi connectivity index (χ4v) is 6.14. The molecular formula is C26H24N2O4. The third-order valence-corrected chi connectivity index (χ3v) is 7.68. The van der Waals surface area contributed by atoms with Crippen LogP contribution in [0.3, 0.4) is 0 Å². The number of imide groups is 1. The molecule has 5 aliphatic rings. The largest absolute Gasteiger partial charge is 0.495 e. The van der Waals surface area contributed by atoms with Crippen molar-refractivity contribution in [1.29, 1.82) is 0 Å². The summed E-state index contributed by atoms with van der Waals surface area (Å²) < 4.78 is 5.50. The lowest BCUT2D eigenvalue weighted by molar-refractivity contribution is -0.140. The molecule has 2 saturated carbocycles. The molecule has 3 amide bonds. The molecule has 6 nitrogen and oxygen atoms in total. The van der Waals surface area contributed by atoms with Gasteiger partial charge in [0.25, 0.3) is 5.91 Å². The number of allylic oxidation sites excluding steroid dienone is 2. The normalized spacial score (nSPS) is 31.3. The van der Waals surface area contributed by atoms with Gasteiger partial charge < -0.3 is 4.74 Å². The Kier molecular flexibility index (Phi) is 4.25. The molecule has 1 aliphatic heterocycles. The van der Waals surface area contributed by atoms with Crippen molar-refractivity contribution in [2.45, 2.75) is 6.42 Å². The summed E-state index contributed by atoms with van der Waals surface area (Å²) in [7, 11) is 1.54. The van der Waals surface area contributed by atoms with Gasteiger partial charge in [-0.2, -0.15) is 0 Å². The van der Waals surface area contributed by atoms with Gasteiger partial charge in [-0.15, -0.1) is 0 Å². The fourth-order valence-electron chi connectivity index (χ4n) is 6.14. The van der Waals surface area contributed by atoms with Crippen molar-refractivity contribution in [1.82, 2.24) is 4.90 Å². The Balaban J connectivity index is 1.36. The van der Waals surface area contributed by atoms with E-state index in [0.717, 1.165) is 6.42 Å². The van der Waals surface area contributed by atoms with Gasteiger partial charge in [-0.25, -0.2) is 0 Å². The van der Waals surface area contributed by atoms with Gasteiger partial charge in [0.2, 0.25) is 11.8 Å². The van der Waals surface area contributed by atoms with Crippen molar-refractivity contribution in [2.24, 2.45) is 35.5 Å². The molecule has 0 N–H and O–H groups in total. The van der Waals surface area contributed by atoms with Gasteiger partial charge in [-0.1, -0.05) is 42.5 Å². The molecule has 0 spiro atoms. The summed E-state index contributed by atoms with van der Waals surface area (Å²) in [6.45, 7) is -0.118. The van der Waals surface area contributed by atoms with E-state index in [9.17, 15) is 14.4 Å². The van der Waals surface area contributed by atoms with Crippen LogP contribution in [0.25, 0.3) is 0 Å². The first-order valence-corrected chi connectivity index (χ1v) is 11.1. The molecule has 6 heteroatoms. The Labute approximate surface area is 186 Å². The number of nitrogens with zero attached hydrogens (tertiary/aromatic N) is 2. The number of hydrogen-bond acceptors (Lipinski definition) is 4. The first kappa shape index (κ1) is 19.3. The maximum Gasteiger partial charge on any atom is 0.259 e. The second kappa shape index (κ2) is 7.05. The minimum absolute atomic E-state index is 0.118. The summed E-state index contributed by atoms with van der Waals surface area (Å²) in [6, 6.07) is 16.1. The highest BCUT2D eigenvalue weighted by atomic mass is 16.5. The number of hydrogen-bond donors (Lipinski definition) is 0. The third kappa shape index (κ3) is 2.68. The number of likely N-dealkylation sites (tertiary alicyclic amines) is 1. The molecule has 0 unspecified atom stereocenters. The molecule has 2 aromatic carbocycles. The van der Waals surface area contributed by atoms with Crippen LogP contribution in [0.15, 0.2) is 66.7 Å². The Morgan fingerprint density at radius 2 is 1.53 bits per heavy atom. The third-order valence-electron chi connectivity index (χ3n) is 7.68. The molecule has 2 bridgehead atoms. The highest BCUT2D eigenvalue weighted by Crippen LogP contribution is 2.65. The van der Waals surface area contributed by atoms with Crippen molar-refractivity contribution in [3.05, 3.63) is 72.3 Å². The van der Waals surface area contributed by atoms with Crippen LogP contribution in [0.2, 0.25) is 0 Å². The van der Waals surface area contributed by atoms with E-state index in [2.05, 4.69) is 12.2 Å². The van der Waals surface area contributed by atoms with Crippen molar-refractivity contribution in [3.8, 4) is 5.75 Å². The van der Waals surface area contributed by atoms with E-state index < -0.39 is 0 Å². The molecule has 3 fully saturated rings. The molecule has 1 saturated heterocycles. The predicted octanol–water partition coefficient (Wildman–Crippen LogP) is 3.35. The summed E-state index contributed by atoms with van der Waals surface area (Å²) in [5.41, 5.74) is 1.01. The average molecular weight is 428 g/mol. The lowest BCUT2D eigenvalue weighted by atomic mass is 9.63. The molecule has 0 aromatic heterocycles. The molecule has 1 heterocycles.